The molecule has 0 unspecified atom stereocenters. The lowest BCUT2D eigenvalue weighted by Crippen LogP contribution is -2.47. The Kier molecular flexibility index (Phi) is 8.90. The minimum absolute atomic E-state index is 0.0578. The summed E-state index contributed by atoms with van der Waals surface area (Å²) in [6.07, 6.45) is 4.61. The van der Waals surface area contributed by atoms with Crippen molar-refractivity contribution >= 4 is 91.0 Å². The molecule has 1 aliphatic carbocycles. The number of benzene rings is 2. The number of nitrogens with one attached hydrogen (secondary N) is 3. The monoisotopic (exact) mass is 629 g/mol. The summed E-state index contributed by atoms with van der Waals surface area (Å²) < 4.78 is 11.5. The molecule has 1 aromatic heterocycles. The van der Waals surface area contributed by atoms with Crippen molar-refractivity contribution < 1.29 is 23.5 Å². The molecule has 1 atom stereocenters. The Morgan fingerprint density at radius 2 is 1.65 bits per heavy atom. The molecule has 0 saturated heterocycles. The van der Waals surface area contributed by atoms with E-state index >= 15 is 0 Å². The third-order valence-corrected chi connectivity index (χ3v) is 7.51. The van der Waals surface area contributed by atoms with Crippen molar-refractivity contribution in [2.24, 2.45) is 5.92 Å². The first-order valence-corrected chi connectivity index (χ1v) is 13.4. The molecule has 2 aromatic carbocycles. The van der Waals surface area contributed by atoms with Gasteiger partial charge in [-0.2, -0.15) is 0 Å². The number of methoxy groups -OCH3 is 1. The van der Waals surface area contributed by atoms with Crippen LogP contribution < -0.4 is 16.0 Å². The van der Waals surface area contributed by atoms with E-state index in [0.717, 1.165) is 32.1 Å². The summed E-state index contributed by atoms with van der Waals surface area (Å²) >= 11 is 21.7. The van der Waals surface area contributed by atoms with Crippen LogP contribution in [-0.2, 0) is 9.53 Å². The summed E-state index contributed by atoms with van der Waals surface area (Å²) in [5.41, 5.74) is 0.616. The first kappa shape index (κ1) is 27.6. The number of amides is 3. The number of ether oxygens (including phenoxy) is 1. The Labute approximate surface area is 236 Å². The van der Waals surface area contributed by atoms with Gasteiger partial charge in [-0.15, -0.1) is 0 Å². The van der Waals surface area contributed by atoms with Crippen molar-refractivity contribution in [2.75, 3.05) is 17.7 Å². The normalized spacial score (nSPS) is 14.7. The lowest BCUT2D eigenvalue weighted by Gasteiger charge is -2.28. The molecule has 196 valence electrons. The molecule has 3 aromatic rings. The van der Waals surface area contributed by atoms with Gasteiger partial charge in [0.2, 0.25) is 5.76 Å². The van der Waals surface area contributed by atoms with E-state index < -0.39 is 23.9 Å². The van der Waals surface area contributed by atoms with E-state index in [1.807, 2.05) is 0 Å². The molecule has 1 heterocycles. The van der Waals surface area contributed by atoms with E-state index in [1.165, 1.54) is 19.2 Å². The third-order valence-electron chi connectivity index (χ3n) is 6.21. The molecule has 37 heavy (non-hydrogen) atoms. The van der Waals surface area contributed by atoms with Crippen molar-refractivity contribution in [3.63, 3.8) is 0 Å². The van der Waals surface area contributed by atoms with Gasteiger partial charge in [0, 0.05) is 14.9 Å². The Balaban J connectivity index is 1.64. The number of hydrogen-bond donors (Lipinski definition) is 3. The van der Waals surface area contributed by atoms with Gasteiger partial charge in [0.25, 0.3) is 5.91 Å². The number of hydrogen-bond acceptors (Lipinski definition) is 5. The second kappa shape index (κ2) is 11.9. The molecule has 0 bridgehead atoms. The van der Waals surface area contributed by atoms with Crippen LogP contribution in [0.5, 0.6) is 0 Å². The minimum Gasteiger partial charge on any atom is -0.467 e. The van der Waals surface area contributed by atoms with Gasteiger partial charge in [0.1, 0.15) is 17.3 Å². The van der Waals surface area contributed by atoms with Gasteiger partial charge in [-0.1, -0.05) is 70.0 Å². The van der Waals surface area contributed by atoms with Crippen LogP contribution in [0.3, 0.4) is 0 Å². The highest BCUT2D eigenvalue weighted by Crippen LogP contribution is 2.36. The van der Waals surface area contributed by atoms with Gasteiger partial charge in [-0.25, -0.2) is 9.59 Å². The molecular formula is C25H23BrCl3N3O5. The van der Waals surface area contributed by atoms with E-state index in [2.05, 4.69) is 31.9 Å². The highest BCUT2D eigenvalue weighted by molar-refractivity contribution is 9.10. The van der Waals surface area contributed by atoms with E-state index in [0.29, 0.717) is 20.5 Å². The maximum Gasteiger partial charge on any atom is 0.328 e. The zero-order chi connectivity index (χ0) is 26.7. The molecular weight excluding hydrogens is 609 g/mol. The Morgan fingerprint density at radius 1 is 1.00 bits per heavy atom. The number of carbonyl (C=O) groups excluding carboxylic acids is 3. The van der Waals surface area contributed by atoms with Crippen LogP contribution in [0.4, 0.5) is 16.2 Å². The average molecular weight is 632 g/mol. The third kappa shape index (κ3) is 6.34. The summed E-state index contributed by atoms with van der Waals surface area (Å²) in [6.45, 7) is 0. The van der Waals surface area contributed by atoms with Crippen LogP contribution in [0.15, 0.2) is 39.2 Å². The first-order valence-electron chi connectivity index (χ1n) is 11.5. The Bertz CT molecular complexity index is 1330. The predicted molar refractivity (Wildman–Crippen MR) is 148 cm³/mol. The Morgan fingerprint density at radius 3 is 2.30 bits per heavy atom. The number of furan rings is 1. The van der Waals surface area contributed by atoms with Crippen LogP contribution in [0.1, 0.15) is 42.7 Å². The Hall–Kier alpha value is -2.46. The number of anilines is 2. The summed E-state index contributed by atoms with van der Waals surface area (Å²) in [7, 11) is 1.29. The number of carbonyl (C=O) groups is 3. The van der Waals surface area contributed by atoms with Gasteiger partial charge in [-0.3, -0.25) is 4.79 Å². The molecule has 1 fully saturated rings. The second-order valence-corrected chi connectivity index (χ2v) is 10.8. The van der Waals surface area contributed by atoms with E-state index in [1.54, 1.807) is 18.2 Å². The fraction of sp³-hybridized carbons (Fsp3) is 0.320. The number of esters is 1. The van der Waals surface area contributed by atoms with Crippen LogP contribution in [-0.4, -0.2) is 31.1 Å². The largest absolute Gasteiger partial charge is 0.467 e. The molecule has 3 amide bonds. The van der Waals surface area contributed by atoms with E-state index in [-0.39, 0.29) is 33.1 Å². The second-order valence-electron chi connectivity index (χ2n) is 8.64. The average Bonchev–Trinajstić information content (AvgIpc) is 3.21. The molecule has 12 heteroatoms. The van der Waals surface area contributed by atoms with Crippen molar-refractivity contribution in [1.29, 1.82) is 0 Å². The van der Waals surface area contributed by atoms with Crippen molar-refractivity contribution in [3.8, 4) is 0 Å². The van der Waals surface area contributed by atoms with Crippen molar-refractivity contribution in [3.05, 3.63) is 55.6 Å². The van der Waals surface area contributed by atoms with Gasteiger partial charge >= 0.3 is 12.0 Å². The van der Waals surface area contributed by atoms with Gasteiger partial charge < -0.3 is 25.1 Å². The summed E-state index contributed by atoms with van der Waals surface area (Å²) in [5.74, 6) is -1.41. The number of rotatable bonds is 6. The van der Waals surface area contributed by atoms with Crippen molar-refractivity contribution in [1.82, 2.24) is 5.32 Å². The molecule has 3 N–H and O–H groups in total. The molecule has 0 aliphatic heterocycles. The molecule has 4 rings (SSSR count). The van der Waals surface area contributed by atoms with Crippen LogP contribution in [0, 0.1) is 5.92 Å². The zero-order valence-electron chi connectivity index (χ0n) is 19.6. The summed E-state index contributed by atoms with van der Waals surface area (Å²) in [4.78, 5) is 38.9. The van der Waals surface area contributed by atoms with E-state index in [4.69, 9.17) is 44.0 Å². The predicted octanol–water partition coefficient (Wildman–Crippen LogP) is 7.65. The van der Waals surface area contributed by atoms with Crippen LogP contribution >= 0.6 is 50.7 Å². The molecule has 8 nitrogen and oxygen atoms in total. The molecule has 1 aliphatic rings. The molecule has 0 spiro atoms. The molecule has 1 saturated carbocycles. The highest BCUT2D eigenvalue weighted by atomic mass is 79.9. The van der Waals surface area contributed by atoms with Gasteiger partial charge in [0.15, 0.2) is 0 Å². The van der Waals surface area contributed by atoms with Crippen molar-refractivity contribution in [2.45, 2.75) is 38.1 Å². The SMILES string of the molecule is COC(=O)[C@@H](NC(=O)c1oc2cc(Br)ccc2c1NC(=O)Nc1c(Cl)cc(Cl)cc1Cl)C1CCCCC1. The highest BCUT2D eigenvalue weighted by Gasteiger charge is 2.34. The summed E-state index contributed by atoms with van der Waals surface area (Å²) in [5, 5.41) is 9.07. The fourth-order valence-corrected chi connectivity index (χ4v) is 5.70. The maximum absolute atomic E-state index is 13.4. The van der Waals surface area contributed by atoms with Gasteiger partial charge in [-0.05, 0) is 49.1 Å². The van der Waals surface area contributed by atoms with Crippen LogP contribution in [0.25, 0.3) is 11.0 Å². The number of urea groups is 1. The smallest absolute Gasteiger partial charge is 0.328 e. The quantitative estimate of drug-likeness (QED) is 0.242. The first-order chi connectivity index (χ1) is 17.7. The topological polar surface area (TPSA) is 110 Å². The lowest BCUT2D eigenvalue weighted by atomic mass is 9.84. The standard InChI is InChI=1S/C25H23BrCl3N3O5/c1-36-24(34)19(12-5-3-2-4-6-12)30-23(33)22-20(15-8-7-13(26)9-18(15)37-22)31-25(35)32-21-16(28)10-14(27)11-17(21)29/h7-12,19H,2-6H2,1H3,(H,30,33)(H2,31,32,35)/t19-/m0/s1. The zero-order valence-corrected chi connectivity index (χ0v) is 23.5. The van der Waals surface area contributed by atoms with Crippen LogP contribution in [0.2, 0.25) is 15.1 Å². The maximum atomic E-state index is 13.4. The molecule has 0 radical (unpaired) electrons. The number of halogens is 4. The number of fused-ring (bicyclic) bond motifs is 1. The fourth-order valence-electron chi connectivity index (χ4n) is 4.44. The minimum atomic E-state index is -0.842. The van der Waals surface area contributed by atoms with Gasteiger partial charge in [0.05, 0.1) is 22.8 Å². The van der Waals surface area contributed by atoms with E-state index in [9.17, 15) is 14.4 Å². The summed E-state index contributed by atoms with van der Waals surface area (Å²) in [6, 6.07) is 6.42. The lowest BCUT2D eigenvalue weighted by molar-refractivity contribution is -0.144.